The summed E-state index contributed by atoms with van der Waals surface area (Å²) in [4.78, 5) is 1.93. The van der Waals surface area contributed by atoms with E-state index in [0.717, 1.165) is 6.04 Å². The van der Waals surface area contributed by atoms with E-state index >= 15 is 0 Å². The number of nitrogens with one attached hydrogen (secondary N) is 1. The standard InChI is InChI=1S/C17H35N.CHF3O3S/c1-3-5-6-7-8-9-10-12-15-18-16-13-11-14-17(18)4-2;2-1(3,4)8(5,6)7/h17H,3-16H2,1-2H3;(H,5,6,7). The van der Waals surface area contributed by atoms with Gasteiger partial charge >= 0.3 is 5.51 Å². The van der Waals surface area contributed by atoms with Crippen molar-refractivity contribution in [1.82, 2.24) is 0 Å². The topological polar surface area (TPSA) is 61.6 Å². The molecule has 1 saturated heterocycles. The van der Waals surface area contributed by atoms with Crippen LogP contribution >= 0.6 is 0 Å². The molecule has 1 N–H and O–H groups in total. The maximum Gasteiger partial charge on any atom is 0.485 e. The summed E-state index contributed by atoms with van der Waals surface area (Å²) in [5.41, 5.74) is -5.65. The third kappa shape index (κ3) is 12.1. The third-order valence-electron chi connectivity index (χ3n) is 5.01. The lowest BCUT2D eigenvalue weighted by Crippen LogP contribution is -3.16. The first kappa shape index (κ1) is 25.7. The van der Waals surface area contributed by atoms with Crippen molar-refractivity contribution >= 4 is 10.1 Å². The van der Waals surface area contributed by atoms with Crippen molar-refractivity contribution in [3.63, 3.8) is 0 Å². The van der Waals surface area contributed by atoms with Crippen LogP contribution in [0.4, 0.5) is 13.2 Å². The van der Waals surface area contributed by atoms with Crippen LogP contribution in [-0.4, -0.2) is 37.6 Å². The van der Waals surface area contributed by atoms with E-state index in [9.17, 15) is 13.2 Å². The molecule has 0 bridgehead atoms. The first-order chi connectivity index (χ1) is 12.1. The van der Waals surface area contributed by atoms with Gasteiger partial charge in [0.2, 0.25) is 0 Å². The van der Waals surface area contributed by atoms with Crippen LogP contribution in [0.15, 0.2) is 0 Å². The molecule has 0 aliphatic carbocycles. The van der Waals surface area contributed by atoms with E-state index < -0.39 is 15.6 Å². The maximum absolute atomic E-state index is 10.7. The fourth-order valence-electron chi connectivity index (χ4n) is 3.46. The van der Waals surface area contributed by atoms with Crippen LogP contribution in [0.2, 0.25) is 0 Å². The van der Waals surface area contributed by atoms with Crippen molar-refractivity contribution in [3.8, 4) is 0 Å². The van der Waals surface area contributed by atoms with Crippen molar-refractivity contribution < 1.29 is 31.0 Å². The van der Waals surface area contributed by atoms with Gasteiger partial charge in [-0.3, -0.25) is 0 Å². The number of likely N-dealkylation sites (tertiary alicyclic amines) is 1. The van der Waals surface area contributed by atoms with E-state index in [0.29, 0.717) is 0 Å². The third-order valence-corrected chi connectivity index (χ3v) is 5.57. The smallest absolute Gasteiger partial charge is 0.485 e. The lowest BCUT2D eigenvalue weighted by Gasteiger charge is -2.32. The van der Waals surface area contributed by atoms with E-state index in [-0.39, 0.29) is 0 Å². The number of hydrogen-bond acceptors (Lipinski definition) is 3. The maximum atomic E-state index is 10.7. The molecule has 0 aromatic heterocycles. The zero-order chi connectivity index (χ0) is 20.1. The molecule has 4 nitrogen and oxygen atoms in total. The zero-order valence-electron chi connectivity index (χ0n) is 16.2. The summed E-state index contributed by atoms with van der Waals surface area (Å²) in [6.45, 7) is 7.58. The number of alkyl halides is 3. The molecule has 8 heteroatoms. The average Bonchev–Trinajstić information content (AvgIpc) is 2.56. The van der Waals surface area contributed by atoms with Crippen molar-refractivity contribution in [2.75, 3.05) is 13.1 Å². The summed E-state index contributed by atoms with van der Waals surface area (Å²) in [6, 6.07) is 0.989. The highest BCUT2D eigenvalue weighted by molar-refractivity contribution is 7.86. The van der Waals surface area contributed by atoms with E-state index in [1.807, 2.05) is 4.90 Å². The van der Waals surface area contributed by atoms with Gasteiger partial charge < -0.3 is 9.45 Å². The summed E-state index contributed by atoms with van der Waals surface area (Å²) in [6.07, 6.45) is 17.5. The molecule has 0 aromatic carbocycles. The second kappa shape index (κ2) is 13.8. The van der Waals surface area contributed by atoms with Gasteiger partial charge in [0.25, 0.3) is 0 Å². The zero-order valence-corrected chi connectivity index (χ0v) is 17.1. The molecule has 0 saturated carbocycles. The monoisotopic (exact) mass is 403 g/mol. The molecule has 26 heavy (non-hydrogen) atoms. The molecule has 158 valence electrons. The van der Waals surface area contributed by atoms with Gasteiger partial charge in [0.15, 0.2) is 10.1 Å². The Balaban J connectivity index is 0.000000660. The number of halogens is 3. The van der Waals surface area contributed by atoms with Crippen LogP contribution in [-0.2, 0) is 10.1 Å². The molecule has 1 fully saturated rings. The van der Waals surface area contributed by atoms with E-state index in [1.165, 1.54) is 90.1 Å². The van der Waals surface area contributed by atoms with Crippen LogP contribution in [0.3, 0.4) is 0 Å². The lowest BCUT2D eigenvalue weighted by atomic mass is 9.99. The van der Waals surface area contributed by atoms with Crippen LogP contribution < -0.4 is 4.90 Å². The van der Waals surface area contributed by atoms with E-state index in [2.05, 4.69) is 13.8 Å². The van der Waals surface area contributed by atoms with Gasteiger partial charge in [0.1, 0.15) is 0 Å². The second-order valence-electron chi connectivity index (χ2n) is 7.13. The Kier molecular flexibility index (Phi) is 13.6. The number of quaternary nitrogens is 1. The molecule has 0 spiro atoms. The molecule has 0 radical (unpaired) electrons. The minimum Gasteiger partial charge on any atom is -0.741 e. The highest BCUT2D eigenvalue weighted by Gasteiger charge is 2.36. The van der Waals surface area contributed by atoms with E-state index in [1.54, 1.807) is 0 Å². The molecule has 0 aromatic rings. The molecular weight excluding hydrogens is 367 g/mol. The number of piperidine rings is 1. The first-order valence-electron chi connectivity index (χ1n) is 10.00. The van der Waals surface area contributed by atoms with Crippen LogP contribution in [0.1, 0.15) is 90.9 Å². The van der Waals surface area contributed by atoms with Gasteiger partial charge in [-0.1, -0.05) is 52.4 Å². The molecule has 1 heterocycles. The Morgan fingerprint density at radius 3 is 1.92 bits per heavy atom. The first-order valence-corrected chi connectivity index (χ1v) is 11.4. The summed E-state index contributed by atoms with van der Waals surface area (Å²) in [5, 5.41) is 0. The summed E-state index contributed by atoms with van der Waals surface area (Å²) in [5.74, 6) is 0. The van der Waals surface area contributed by atoms with Crippen molar-refractivity contribution in [1.29, 1.82) is 0 Å². The fourth-order valence-corrected chi connectivity index (χ4v) is 3.46. The van der Waals surface area contributed by atoms with Gasteiger partial charge in [-0.25, -0.2) is 8.42 Å². The van der Waals surface area contributed by atoms with Gasteiger partial charge in [0.05, 0.1) is 19.1 Å². The molecule has 1 aliphatic rings. The van der Waals surface area contributed by atoms with Crippen molar-refractivity contribution in [2.45, 2.75) is 102 Å². The SMILES string of the molecule is CCCCCCCCCC[NH+]1CCCCC1CC.O=S(=O)([O-])C(F)(F)F. The summed E-state index contributed by atoms with van der Waals surface area (Å²) >= 11 is 0. The highest BCUT2D eigenvalue weighted by atomic mass is 32.2. The minimum absolute atomic E-state index is 0.989. The minimum atomic E-state index is -6.09. The van der Waals surface area contributed by atoms with Crippen LogP contribution in [0.5, 0.6) is 0 Å². The Morgan fingerprint density at radius 2 is 1.46 bits per heavy atom. The van der Waals surface area contributed by atoms with Crippen molar-refractivity contribution in [2.24, 2.45) is 0 Å². The molecule has 2 unspecified atom stereocenters. The molecule has 1 rings (SSSR count). The van der Waals surface area contributed by atoms with Gasteiger partial charge in [-0.05, 0) is 38.5 Å². The summed E-state index contributed by atoms with van der Waals surface area (Å²) < 4.78 is 58.9. The molecule has 2 atom stereocenters. The largest absolute Gasteiger partial charge is 0.741 e. The number of unbranched alkanes of at least 4 members (excludes halogenated alkanes) is 7. The molecule has 0 amide bonds. The summed E-state index contributed by atoms with van der Waals surface area (Å²) in [7, 11) is -6.09. The Labute approximate surface area is 157 Å². The van der Waals surface area contributed by atoms with E-state index in [4.69, 9.17) is 13.0 Å². The number of hydrogen-bond donors (Lipinski definition) is 1. The predicted octanol–water partition coefficient (Wildman–Crippen LogP) is 4.03. The van der Waals surface area contributed by atoms with Gasteiger partial charge in [-0.2, -0.15) is 13.2 Å². The lowest BCUT2D eigenvalue weighted by molar-refractivity contribution is -0.931. The Bertz CT molecular complexity index is 441. The predicted molar refractivity (Wildman–Crippen MR) is 97.0 cm³/mol. The van der Waals surface area contributed by atoms with Gasteiger partial charge in [-0.15, -0.1) is 0 Å². The average molecular weight is 404 g/mol. The Morgan fingerprint density at radius 1 is 0.962 bits per heavy atom. The Hall–Kier alpha value is -0.340. The fraction of sp³-hybridized carbons (Fsp3) is 1.00. The van der Waals surface area contributed by atoms with Crippen LogP contribution in [0.25, 0.3) is 0 Å². The normalized spacial score (nSPS) is 21.2. The quantitative estimate of drug-likeness (QED) is 0.340. The van der Waals surface area contributed by atoms with Gasteiger partial charge in [0, 0.05) is 0 Å². The highest BCUT2D eigenvalue weighted by Crippen LogP contribution is 2.20. The second-order valence-corrected chi connectivity index (χ2v) is 8.51. The molecular formula is C18H36F3NO3S. The van der Waals surface area contributed by atoms with Crippen LogP contribution in [0, 0.1) is 0 Å². The van der Waals surface area contributed by atoms with Crippen molar-refractivity contribution in [3.05, 3.63) is 0 Å². The number of rotatable bonds is 10. The molecule has 1 aliphatic heterocycles.